The Balaban J connectivity index is 2.66. The molecule has 2 unspecified atom stereocenters. The van der Waals surface area contributed by atoms with E-state index in [4.69, 9.17) is 20.3 Å². The maximum atomic E-state index is 11.1. The molecule has 0 heterocycles. The Kier molecular flexibility index (Phi) is 8.48. The van der Waals surface area contributed by atoms with E-state index >= 15 is 0 Å². The number of hydrogen-bond donors (Lipinski definition) is 2. The first kappa shape index (κ1) is 19.3. The Bertz CT molecular complexity index is 490. The SMILES string of the molecule is CCOc1ccc(CCC(C)CC(CN)C(=O)O)c(OCC)c1. The van der Waals surface area contributed by atoms with Gasteiger partial charge in [0, 0.05) is 12.6 Å². The number of hydrogen-bond acceptors (Lipinski definition) is 4. The minimum absolute atomic E-state index is 0.187. The Labute approximate surface area is 138 Å². The summed E-state index contributed by atoms with van der Waals surface area (Å²) in [6.07, 6.45) is 2.35. The second-order valence-corrected chi connectivity index (χ2v) is 5.79. The zero-order valence-corrected chi connectivity index (χ0v) is 14.4. The number of rotatable bonds is 11. The molecule has 2 atom stereocenters. The van der Waals surface area contributed by atoms with Crippen LogP contribution < -0.4 is 15.2 Å². The molecule has 1 rings (SSSR count). The van der Waals surface area contributed by atoms with Crippen LogP contribution in [0.1, 0.15) is 39.2 Å². The maximum Gasteiger partial charge on any atom is 0.307 e. The fourth-order valence-electron chi connectivity index (χ4n) is 2.59. The molecule has 0 aliphatic carbocycles. The third-order valence-corrected chi connectivity index (χ3v) is 3.88. The summed E-state index contributed by atoms with van der Waals surface area (Å²) in [5, 5.41) is 9.09. The monoisotopic (exact) mass is 323 g/mol. The van der Waals surface area contributed by atoms with E-state index < -0.39 is 11.9 Å². The van der Waals surface area contributed by atoms with Crippen molar-refractivity contribution in [3.05, 3.63) is 23.8 Å². The lowest BCUT2D eigenvalue weighted by atomic mass is 9.91. The topological polar surface area (TPSA) is 81.8 Å². The normalized spacial score (nSPS) is 13.4. The molecule has 0 aromatic heterocycles. The summed E-state index contributed by atoms with van der Waals surface area (Å²) in [5.41, 5.74) is 6.65. The Morgan fingerprint density at radius 2 is 1.96 bits per heavy atom. The average Bonchev–Trinajstić information content (AvgIpc) is 2.52. The molecule has 0 fully saturated rings. The van der Waals surface area contributed by atoms with Crippen LogP contribution in [0.2, 0.25) is 0 Å². The van der Waals surface area contributed by atoms with E-state index in [2.05, 4.69) is 6.92 Å². The first-order valence-electron chi connectivity index (χ1n) is 8.33. The van der Waals surface area contributed by atoms with Gasteiger partial charge in [0.2, 0.25) is 0 Å². The fraction of sp³-hybridized carbons (Fsp3) is 0.611. The molecular formula is C18H29NO4. The molecule has 0 aliphatic heterocycles. The highest BCUT2D eigenvalue weighted by atomic mass is 16.5. The van der Waals surface area contributed by atoms with Crippen LogP contribution in [-0.2, 0) is 11.2 Å². The van der Waals surface area contributed by atoms with Gasteiger partial charge in [-0.15, -0.1) is 0 Å². The second-order valence-electron chi connectivity index (χ2n) is 5.79. The molecule has 0 amide bonds. The number of carboxylic acid groups (broad SMARTS) is 1. The second kappa shape index (κ2) is 10.1. The number of carboxylic acids is 1. The van der Waals surface area contributed by atoms with Gasteiger partial charge in [-0.2, -0.15) is 0 Å². The molecule has 0 radical (unpaired) electrons. The maximum absolute atomic E-state index is 11.1. The van der Waals surface area contributed by atoms with Crippen molar-refractivity contribution in [1.29, 1.82) is 0 Å². The van der Waals surface area contributed by atoms with Gasteiger partial charge in [-0.05, 0) is 50.7 Å². The molecule has 23 heavy (non-hydrogen) atoms. The summed E-state index contributed by atoms with van der Waals surface area (Å²) in [6, 6.07) is 5.90. The van der Waals surface area contributed by atoms with Crippen LogP contribution in [-0.4, -0.2) is 30.8 Å². The molecule has 0 saturated heterocycles. The molecule has 1 aromatic carbocycles. The van der Waals surface area contributed by atoms with Crippen molar-refractivity contribution in [2.24, 2.45) is 17.6 Å². The van der Waals surface area contributed by atoms with Crippen LogP contribution >= 0.6 is 0 Å². The molecular weight excluding hydrogens is 294 g/mol. The van der Waals surface area contributed by atoms with Crippen LogP contribution in [0, 0.1) is 11.8 Å². The van der Waals surface area contributed by atoms with E-state index in [0.29, 0.717) is 25.6 Å². The number of nitrogens with two attached hydrogens (primary N) is 1. The van der Waals surface area contributed by atoms with Gasteiger partial charge in [0.15, 0.2) is 0 Å². The van der Waals surface area contributed by atoms with E-state index in [1.54, 1.807) is 0 Å². The van der Waals surface area contributed by atoms with Gasteiger partial charge in [-0.3, -0.25) is 4.79 Å². The summed E-state index contributed by atoms with van der Waals surface area (Å²) >= 11 is 0. The van der Waals surface area contributed by atoms with Gasteiger partial charge < -0.3 is 20.3 Å². The lowest BCUT2D eigenvalue weighted by molar-refractivity contribution is -0.141. The number of aliphatic carboxylic acids is 1. The molecule has 130 valence electrons. The van der Waals surface area contributed by atoms with Gasteiger partial charge in [0.05, 0.1) is 19.1 Å². The highest BCUT2D eigenvalue weighted by molar-refractivity contribution is 5.70. The van der Waals surface area contributed by atoms with E-state index in [1.165, 1.54) is 0 Å². The summed E-state index contributed by atoms with van der Waals surface area (Å²) in [6.45, 7) is 7.39. The average molecular weight is 323 g/mol. The fourth-order valence-corrected chi connectivity index (χ4v) is 2.59. The molecule has 3 N–H and O–H groups in total. The lowest BCUT2D eigenvalue weighted by Gasteiger charge is -2.17. The first-order valence-corrected chi connectivity index (χ1v) is 8.33. The van der Waals surface area contributed by atoms with Crippen molar-refractivity contribution in [3.63, 3.8) is 0 Å². The van der Waals surface area contributed by atoms with Crippen molar-refractivity contribution in [2.45, 2.75) is 40.0 Å². The van der Waals surface area contributed by atoms with Crippen LogP contribution in [0.4, 0.5) is 0 Å². The van der Waals surface area contributed by atoms with Crippen molar-refractivity contribution in [2.75, 3.05) is 19.8 Å². The summed E-state index contributed by atoms with van der Waals surface area (Å²) in [5.74, 6) is 0.675. The van der Waals surface area contributed by atoms with Gasteiger partial charge in [0.1, 0.15) is 11.5 Å². The third-order valence-electron chi connectivity index (χ3n) is 3.88. The number of benzene rings is 1. The molecule has 0 spiro atoms. The van der Waals surface area contributed by atoms with E-state index in [9.17, 15) is 4.79 Å². The molecule has 5 heteroatoms. The zero-order chi connectivity index (χ0) is 17.2. The van der Waals surface area contributed by atoms with Gasteiger partial charge >= 0.3 is 5.97 Å². The van der Waals surface area contributed by atoms with Crippen molar-refractivity contribution < 1.29 is 19.4 Å². The van der Waals surface area contributed by atoms with Crippen LogP contribution in [0.3, 0.4) is 0 Å². The highest BCUT2D eigenvalue weighted by Crippen LogP contribution is 2.28. The zero-order valence-electron chi connectivity index (χ0n) is 14.4. The van der Waals surface area contributed by atoms with E-state index in [0.717, 1.165) is 29.9 Å². The standard InChI is InChI=1S/C18H29NO4/c1-4-22-16-9-8-14(17(11-16)23-5-2)7-6-13(3)10-15(12-19)18(20)21/h8-9,11,13,15H,4-7,10,12,19H2,1-3H3,(H,20,21). The predicted molar refractivity (Wildman–Crippen MR) is 91.1 cm³/mol. The van der Waals surface area contributed by atoms with E-state index in [1.807, 2.05) is 32.0 Å². The molecule has 0 saturated carbocycles. The highest BCUT2D eigenvalue weighted by Gasteiger charge is 2.19. The minimum Gasteiger partial charge on any atom is -0.494 e. The predicted octanol–water partition coefficient (Wildman–Crippen LogP) is 3.10. The number of ether oxygens (including phenoxy) is 2. The van der Waals surface area contributed by atoms with Crippen LogP contribution in [0.5, 0.6) is 11.5 Å². The Hall–Kier alpha value is -1.75. The van der Waals surface area contributed by atoms with Crippen molar-refractivity contribution >= 4 is 5.97 Å². The summed E-state index contributed by atoms with van der Waals surface area (Å²) in [4.78, 5) is 11.1. The first-order chi connectivity index (χ1) is 11.0. The van der Waals surface area contributed by atoms with Crippen molar-refractivity contribution in [1.82, 2.24) is 0 Å². The largest absolute Gasteiger partial charge is 0.494 e. The molecule has 1 aromatic rings. The number of carbonyl (C=O) groups is 1. The van der Waals surface area contributed by atoms with Crippen molar-refractivity contribution in [3.8, 4) is 11.5 Å². The smallest absolute Gasteiger partial charge is 0.307 e. The Morgan fingerprint density at radius 1 is 1.26 bits per heavy atom. The minimum atomic E-state index is -0.810. The quantitative estimate of drug-likeness (QED) is 0.654. The third kappa shape index (κ3) is 6.48. The molecule has 0 aliphatic rings. The number of aryl methyl sites for hydroxylation is 1. The lowest BCUT2D eigenvalue weighted by Crippen LogP contribution is -2.25. The van der Waals surface area contributed by atoms with Crippen LogP contribution in [0.15, 0.2) is 18.2 Å². The summed E-state index contributed by atoms with van der Waals surface area (Å²) in [7, 11) is 0. The summed E-state index contributed by atoms with van der Waals surface area (Å²) < 4.78 is 11.2. The van der Waals surface area contributed by atoms with E-state index in [-0.39, 0.29) is 6.54 Å². The van der Waals surface area contributed by atoms with Gasteiger partial charge in [0.25, 0.3) is 0 Å². The van der Waals surface area contributed by atoms with Gasteiger partial charge in [-0.1, -0.05) is 13.0 Å². The molecule has 5 nitrogen and oxygen atoms in total. The van der Waals surface area contributed by atoms with Gasteiger partial charge in [-0.25, -0.2) is 0 Å². The van der Waals surface area contributed by atoms with Crippen LogP contribution in [0.25, 0.3) is 0 Å². The molecule has 0 bridgehead atoms. The Morgan fingerprint density at radius 3 is 2.52 bits per heavy atom.